The third kappa shape index (κ3) is 3.85. The van der Waals surface area contributed by atoms with E-state index < -0.39 is 29.9 Å². The van der Waals surface area contributed by atoms with Gasteiger partial charge in [-0.1, -0.05) is 12.1 Å². The lowest BCUT2D eigenvalue weighted by molar-refractivity contribution is 0.0685. The summed E-state index contributed by atoms with van der Waals surface area (Å²) in [6.07, 6.45) is 1.44. The Kier molecular flexibility index (Phi) is 5.43. The van der Waals surface area contributed by atoms with Crippen molar-refractivity contribution < 1.29 is 29.3 Å². The minimum absolute atomic E-state index is 0.112. The largest absolute Gasteiger partial charge is 0.505 e. The highest BCUT2D eigenvalue weighted by Gasteiger charge is 2.21. The van der Waals surface area contributed by atoms with Gasteiger partial charge in [0.1, 0.15) is 5.82 Å². The maximum atomic E-state index is 12.8. The van der Waals surface area contributed by atoms with E-state index in [9.17, 15) is 24.2 Å². The van der Waals surface area contributed by atoms with Crippen molar-refractivity contribution in [1.82, 2.24) is 10.3 Å². The van der Waals surface area contributed by atoms with E-state index in [1.54, 1.807) is 12.1 Å². The average molecular weight is 334 g/mol. The number of carbonyl (C=O) groups is 2. The van der Waals surface area contributed by atoms with E-state index in [0.29, 0.717) is 6.42 Å². The molecule has 0 spiro atoms. The fraction of sp³-hybridized carbons (Fsp3) is 0.188. The van der Waals surface area contributed by atoms with Crippen molar-refractivity contribution >= 4 is 11.9 Å². The summed E-state index contributed by atoms with van der Waals surface area (Å²) in [5, 5.41) is 30.5. The lowest BCUT2D eigenvalue weighted by atomic mass is 10.1. The first kappa shape index (κ1) is 17.4. The summed E-state index contributed by atoms with van der Waals surface area (Å²) in [4.78, 5) is 26.5. The fourth-order valence-electron chi connectivity index (χ4n) is 2.12. The average Bonchev–Trinajstić information content (AvgIpc) is 2.55. The SMILES string of the molecule is O=C(NCCc1ccc(F)cc1)c1cnc(C(=O)O)c(O)c1CO. The summed E-state index contributed by atoms with van der Waals surface area (Å²) in [5.41, 5.74) is -0.135. The number of carboxylic acid groups (broad SMARTS) is 1. The monoisotopic (exact) mass is 334 g/mol. The fourth-order valence-corrected chi connectivity index (χ4v) is 2.12. The lowest BCUT2D eigenvalue weighted by Crippen LogP contribution is -2.27. The van der Waals surface area contributed by atoms with Crippen LogP contribution in [0.25, 0.3) is 0 Å². The standard InChI is InChI=1S/C16H15FN2O5/c17-10-3-1-9(2-4-10)5-6-18-15(22)11-7-19-13(16(23)24)14(21)12(11)8-20/h1-4,7,20-21H,5-6,8H2,(H,18,22)(H,23,24). The predicted octanol–water partition coefficient (Wildman–Crippen LogP) is 1.09. The molecule has 0 saturated carbocycles. The molecule has 1 aromatic carbocycles. The maximum Gasteiger partial charge on any atom is 0.358 e. The zero-order valence-electron chi connectivity index (χ0n) is 12.5. The number of aromatic nitrogens is 1. The van der Waals surface area contributed by atoms with E-state index in [4.69, 9.17) is 5.11 Å². The summed E-state index contributed by atoms with van der Waals surface area (Å²) in [5.74, 6) is -3.17. The Balaban J connectivity index is 2.08. The van der Waals surface area contributed by atoms with Gasteiger partial charge in [0.15, 0.2) is 11.4 Å². The molecule has 4 N–H and O–H groups in total. The molecule has 0 aliphatic carbocycles. The molecule has 0 aliphatic rings. The van der Waals surface area contributed by atoms with Crippen molar-refractivity contribution in [3.8, 4) is 5.75 Å². The van der Waals surface area contributed by atoms with Gasteiger partial charge in [-0.25, -0.2) is 14.2 Å². The molecule has 1 heterocycles. The van der Waals surface area contributed by atoms with Gasteiger partial charge >= 0.3 is 5.97 Å². The van der Waals surface area contributed by atoms with E-state index in [2.05, 4.69) is 10.3 Å². The Morgan fingerprint density at radius 3 is 2.46 bits per heavy atom. The lowest BCUT2D eigenvalue weighted by Gasteiger charge is -2.11. The number of nitrogens with zero attached hydrogens (tertiary/aromatic N) is 1. The molecule has 0 aliphatic heterocycles. The second-order valence-electron chi connectivity index (χ2n) is 4.94. The molecule has 1 amide bonds. The third-order valence-electron chi connectivity index (χ3n) is 3.38. The first-order chi connectivity index (χ1) is 11.4. The topological polar surface area (TPSA) is 120 Å². The van der Waals surface area contributed by atoms with E-state index in [1.165, 1.54) is 12.1 Å². The number of amides is 1. The number of aliphatic hydroxyl groups excluding tert-OH is 1. The molecule has 2 aromatic rings. The first-order valence-electron chi connectivity index (χ1n) is 7.01. The van der Waals surface area contributed by atoms with Crippen LogP contribution in [0, 0.1) is 5.82 Å². The van der Waals surface area contributed by atoms with Crippen molar-refractivity contribution in [3.63, 3.8) is 0 Å². The normalized spacial score (nSPS) is 10.4. The number of carboxylic acids is 1. The quantitative estimate of drug-likeness (QED) is 0.628. The molecular weight excluding hydrogens is 319 g/mol. The van der Waals surface area contributed by atoms with Crippen LogP contribution in [0.1, 0.15) is 32.0 Å². The van der Waals surface area contributed by atoms with E-state index in [-0.39, 0.29) is 23.5 Å². The zero-order chi connectivity index (χ0) is 17.7. The first-order valence-corrected chi connectivity index (χ1v) is 7.01. The maximum absolute atomic E-state index is 12.8. The molecule has 0 bridgehead atoms. The summed E-state index contributed by atoms with van der Waals surface area (Å²) >= 11 is 0. The Hall–Kier alpha value is -3.00. The van der Waals surface area contributed by atoms with Crippen LogP contribution in [0.4, 0.5) is 4.39 Å². The van der Waals surface area contributed by atoms with Gasteiger partial charge in [0.2, 0.25) is 0 Å². The summed E-state index contributed by atoms with van der Waals surface area (Å²) < 4.78 is 12.8. The van der Waals surface area contributed by atoms with E-state index in [0.717, 1.165) is 11.8 Å². The Morgan fingerprint density at radius 2 is 1.88 bits per heavy atom. The van der Waals surface area contributed by atoms with Crippen LogP contribution in [0.5, 0.6) is 5.75 Å². The molecule has 0 unspecified atom stereocenters. The van der Waals surface area contributed by atoms with Gasteiger partial charge in [0, 0.05) is 18.3 Å². The number of aromatic hydroxyl groups is 1. The van der Waals surface area contributed by atoms with Gasteiger partial charge in [0.25, 0.3) is 5.91 Å². The molecule has 126 valence electrons. The molecule has 7 nitrogen and oxygen atoms in total. The van der Waals surface area contributed by atoms with Gasteiger partial charge in [-0.15, -0.1) is 0 Å². The van der Waals surface area contributed by atoms with Gasteiger partial charge in [-0.3, -0.25) is 4.79 Å². The van der Waals surface area contributed by atoms with Crippen molar-refractivity contribution in [2.75, 3.05) is 6.54 Å². The highest BCUT2D eigenvalue weighted by atomic mass is 19.1. The summed E-state index contributed by atoms with van der Waals surface area (Å²) in [7, 11) is 0. The molecule has 0 radical (unpaired) electrons. The van der Waals surface area contributed by atoms with Crippen LogP contribution in [-0.2, 0) is 13.0 Å². The smallest absolute Gasteiger partial charge is 0.358 e. The number of hydrogen-bond acceptors (Lipinski definition) is 5. The molecule has 0 saturated heterocycles. The van der Waals surface area contributed by atoms with Gasteiger partial charge in [0.05, 0.1) is 12.2 Å². The molecule has 1 aromatic heterocycles. The molecule has 2 rings (SSSR count). The van der Waals surface area contributed by atoms with E-state index >= 15 is 0 Å². The Morgan fingerprint density at radius 1 is 1.21 bits per heavy atom. The number of aromatic carboxylic acids is 1. The molecule has 24 heavy (non-hydrogen) atoms. The van der Waals surface area contributed by atoms with Gasteiger partial charge in [-0.2, -0.15) is 0 Å². The number of rotatable bonds is 6. The molecular formula is C16H15FN2O5. The Labute approximate surface area is 136 Å². The Bertz CT molecular complexity index is 762. The van der Waals surface area contributed by atoms with Crippen molar-refractivity contribution in [2.45, 2.75) is 13.0 Å². The molecule has 0 atom stereocenters. The van der Waals surface area contributed by atoms with Crippen LogP contribution in [0.2, 0.25) is 0 Å². The third-order valence-corrected chi connectivity index (χ3v) is 3.38. The van der Waals surface area contributed by atoms with Gasteiger partial charge < -0.3 is 20.6 Å². The molecule has 8 heteroatoms. The van der Waals surface area contributed by atoms with Gasteiger partial charge in [-0.05, 0) is 24.1 Å². The van der Waals surface area contributed by atoms with Crippen LogP contribution >= 0.6 is 0 Å². The van der Waals surface area contributed by atoms with Crippen molar-refractivity contribution in [2.24, 2.45) is 0 Å². The number of aliphatic hydroxyl groups is 1. The number of hydrogen-bond donors (Lipinski definition) is 4. The highest BCUT2D eigenvalue weighted by molar-refractivity contribution is 5.98. The number of nitrogens with one attached hydrogen (secondary N) is 1. The number of pyridine rings is 1. The summed E-state index contributed by atoms with van der Waals surface area (Å²) in [6, 6.07) is 5.81. The number of benzene rings is 1. The number of halogens is 1. The highest BCUT2D eigenvalue weighted by Crippen LogP contribution is 2.24. The second-order valence-corrected chi connectivity index (χ2v) is 4.94. The minimum Gasteiger partial charge on any atom is -0.505 e. The second kappa shape index (κ2) is 7.51. The van der Waals surface area contributed by atoms with Crippen molar-refractivity contribution in [3.05, 3.63) is 58.7 Å². The molecule has 0 fully saturated rings. The zero-order valence-corrected chi connectivity index (χ0v) is 12.5. The van der Waals surface area contributed by atoms with Crippen LogP contribution in [-0.4, -0.2) is 38.7 Å². The van der Waals surface area contributed by atoms with Crippen LogP contribution in [0.15, 0.2) is 30.5 Å². The number of carbonyl (C=O) groups excluding carboxylic acids is 1. The minimum atomic E-state index is -1.47. The van der Waals surface area contributed by atoms with Crippen LogP contribution < -0.4 is 5.32 Å². The summed E-state index contributed by atoms with van der Waals surface area (Å²) in [6.45, 7) is -0.480. The van der Waals surface area contributed by atoms with E-state index in [1.807, 2.05) is 0 Å². The van der Waals surface area contributed by atoms with Crippen molar-refractivity contribution in [1.29, 1.82) is 0 Å². The van der Waals surface area contributed by atoms with Crippen LogP contribution in [0.3, 0.4) is 0 Å². The predicted molar refractivity (Wildman–Crippen MR) is 81.2 cm³/mol.